The van der Waals surface area contributed by atoms with Gasteiger partial charge in [-0.3, -0.25) is 0 Å². The molecule has 55 heavy (non-hydrogen) atoms. The average molecular weight is 700 g/mol. The van der Waals surface area contributed by atoms with Crippen LogP contribution < -0.4 is 0 Å². The SMILES string of the molecule is N#Cc1cccc(-n2c3ccccc3c3cccc(C#N)c32)c1-c1ccccc1-n1c2ccccc2c2cccc(-n3c4ccccc4c4ccccc43)c21. The van der Waals surface area contributed by atoms with Crippen LogP contribution in [0.1, 0.15) is 11.1 Å². The summed E-state index contributed by atoms with van der Waals surface area (Å²) in [6, 6.07) is 65.8. The van der Waals surface area contributed by atoms with Gasteiger partial charge in [0.1, 0.15) is 6.07 Å². The van der Waals surface area contributed by atoms with Crippen LogP contribution in [-0.2, 0) is 0 Å². The maximum absolute atomic E-state index is 10.8. The van der Waals surface area contributed by atoms with Crippen molar-refractivity contribution in [3.63, 3.8) is 0 Å². The minimum Gasteiger partial charge on any atom is -0.307 e. The summed E-state index contributed by atoms with van der Waals surface area (Å²) in [6.07, 6.45) is 0. The molecule has 0 unspecified atom stereocenters. The van der Waals surface area contributed by atoms with Crippen LogP contribution in [0.25, 0.3) is 93.6 Å². The number of nitriles is 2. The van der Waals surface area contributed by atoms with E-state index in [-0.39, 0.29) is 0 Å². The molecule has 0 radical (unpaired) electrons. The van der Waals surface area contributed by atoms with Crippen LogP contribution in [0.15, 0.2) is 176 Å². The third kappa shape index (κ3) is 4.27. The van der Waals surface area contributed by atoms with E-state index in [1.54, 1.807) is 0 Å². The van der Waals surface area contributed by atoms with E-state index < -0.39 is 0 Å². The molecule has 11 aromatic rings. The normalized spacial score (nSPS) is 11.6. The highest BCUT2D eigenvalue weighted by Crippen LogP contribution is 2.44. The lowest BCUT2D eigenvalue weighted by molar-refractivity contribution is 1.13. The van der Waals surface area contributed by atoms with Gasteiger partial charge in [-0.2, -0.15) is 10.5 Å². The third-order valence-corrected chi connectivity index (χ3v) is 11.1. The maximum atomic E-state index is 10.8. The second-order valence-electron chi connectivity index (χ2n) is 13.9. The standard InChI is InChI=1S/C50H29N5/c51-30-32-14-12-28-46(55-44-26-9-3-18-36(44)38-21-11-15-33(31-52)49(38)55)48(32)40-20-5-10-27-45(40)54-43-25-8-4-19-37(43)39-22-13-29-47(50(39)54)53-41-23-6-1-16-34(41)35-17-2-7-24-42(35)53/h1-29H. The van der Waals surface area contributed by atoms with E-state index in [0.29, 0.717) is 11.1 Å². The smallest absolute Gasteiger partial charge is 0.101 e. The van der Waals surface area contributed by atoms with Gasteiger partial charge in [0.15, 0.2) is 0 Å². The molecular formula is C50H29N5. The summed E-state index contributed by atoms with van der Waals surface area (Å²) in [5, 5.41) is 28.0. The van der Waals surface area contributed by atoms with Crippen LogP contribution in [0.4, 0.5) is 0 Å². The van der Waals surface area contributed by atoms with E-state index in [1.807, 2.05) is 42.5 Å². The van der Waals surface area contributed by atoms with Crippen molar-refractivity contribution >= 4 is 65.4 Å². The molecule has 0 bridgehead atoms. The van der Waals surface area contributed by atoms with Gasteiger partial charge in [0.05, 0.1) is 67.4 Å². The van der Waals surface area contributed by atoms with E-state index in [4.69, 9.17) is 0 Å². The van der Waals surface area contributed by atoms with Crippen LogP contribution >= 0.6 is 0 Å². The lowest BCUT2D eigenvalue weighted by atomic mass is 9.96. The Morgan fingerprint density at radius 1 is 0.309 bits per heavy atom. The fourth-order valence-corrected chi connectivity index (χ4v) is 8.95. The number of para-hydroxylation sites is 7. The quantitative estimate of drug-likeness (QED) is 0.184. The summed E-state index contributed by atoms with van der Waals surface area (Å²) in [6.45, 7) is 0. The van der Waals surface area contributed by atoms with Crippen molar-refractivity contribution in [2.45, 2.75) is 0 Å². The summed E-state index contributed by atoms with van der Waals surface area (Å²) in [7, 11) is 0. The molecule has 3 aromatic heterocycles. The molecule has 8 aromatic carbocycles. The van der Waals surface area contributed by atoms with Gasteiger partial charge < -0.3 is 13.7 Å². The zero-order chi connectivity index (χ0) is 36.6. The minimum absolute atomic E-state index is 0.550. The first-order valence-corrected chi connectivity index (χ1v) is 18.3. The fraction of sp³-hybridized carbons (Fsp3) is 0. The number of nitrogens with zero attached hydrogens (tertiary/aromatic N) is 5. The molecule has 0 amide bonds. The summed E-state index contributed by atoms with van der Waals surface area (Å²) in [5.41, 5.74) is 11.9. The molecule has 11 rings (SSSR count). The van der Waals surface area contributed by atoms with E-state index in [2.05, 4.69) is 159 Å². The molecule has 0 aliphatic carbocycles. The lowest BCUT2D eigenvalue weighted by Gasteiger charge is -2.20. The molecule has 5 heteroatoms. The van der Waals surface area contributed by atoms with Crippen molar-refractivity contribution in [2.75, 3.05) is 0 Å². The summed E-state index contributed by atoms with van der Waals surface area (Å²) in [4.78, 5) is 0. The molecule has 0 spiro atoms. The number of fused-ring (bicyclic) bond motifs is 9. The van der Waals surface area contributed by atoms with Crippen molar-refractivity contribution in [2.24, 2.45) is 0 Å². The van der Waals surface area contributed by atoms with Crippen molar-refractivity contribution in [1.29, 1.82) is 10.5 Å². The second kappa shape index (κ2) is 11.8. The first kappa shape index (κ1) is 30.7. The number of hydrogen-bond acceptors (Lipinski definition) is 2. The molecule has 0 fully saturated rings. The monoisotopic (exact) mass is 699 g/mol. The Labute approximate surface area is 316 Å². The van der Waals surface area contributed by atoms with Crippen LogP contribution in [0.5, 0.6) is 0 Å². The van der Waals surface area contributed by atoms with Gasteiger partial charge in [0.25, 0.3) is 0 Å². The first-order valence-electron chi connectivity index (χ1n) is 18.3. The Hall–Kier alpha value is -7.86. The molecule has 3 heterocycles. The van der Waals surface area contributed by atoms with Crippen LogP contribution in [0.3, 0.4) is 0 Å². The van der Waals surface area contributed by atoms with Gasteiger partial charge in [0, 0.05) is 43.4 Å². The molecule has 0 aliphatic rings. The van der Waals surface area contributed by atoms with Gasteiger partial charge >= 0.3 is 0 Å². The minimum atomic E-state index is 0.550. The number of rotatable bonds is 4. The second-order valence-corrected chi connectivity index (χ2v) is 13.9. The summed E-state index contributed by atoms with van der Waals surface area (Å²) in [5.74, 6) is 0. The highest BCUT2D eigenvalue weighted by Gasteiger charge is 2.25. The first-order chi connectivity index (χ1) is 27.3. The summed E-state index contributed by atoms with van der Waals surface area (Å²) < 4.78 is 6.94. The Kier molecular flexibility index (Phi) is 6.61. The van der Waals surface area contributed by atoms with Crippen molar-refractivity contribution < 1.29 is 0 Å². The van der Waals surface area contributed by atoms with Crippen molar-refractivity contribution in [1.82, 2.24) is 13.7 Å². The highest BCUT2D eigenvalue weighted by atomic mass is 15.1. The molecule has 0 N–H and O–H groups in total. The molecule has 0 saturated heterocycles. The highest BCUT2D eigenvalue weighted by molar-refractivity contribution is 6.16. The zero-order valence-corrected chi connectivity index (χ0v) is 29.5. The van der Waals surface area contributed by atoms with E-state index in [0.717, 1.165) is 82.8 Å². The van der Waals surface area contributed by atoms with Crippen LogP contribution in [-0.4, -0.2) is 13.7 Å². The Bertz CT molecular complexity index is 3420. The van der Waals surface area contributed by atoms with Crippen molar-refractivity contribution in [3.8, 4) is 40.3 Å². The van der Waals surface area contributed by atoms with E-state index >= 15 is 0 Å². The van der Waals surface area contributed by atoms with Gasteiger partial charge in [-0.1, -0.05) is 121 Å². The Morgan fingerprint density at radius 3 is 1.33 bits per heavy atom. The Morgan fingerprint density at radius 2 is 0.709 bits per heavy atom. The molecule has 254 valence electrons. The molecule has 5 nitrogen and oxygen atoms in total. The van der Waals surface area contributed by atoms with Gasteiger partial charge in [0.2, 0.25) is 0 Å². The van der Waals surface area contributed by atoms with Crippen molar-refractivity contribution in [3.05, 3.63) is 187 Å². The van der Waals surface area contributed by atoms with Gasteiger partial charge in [-0.15, -0.1) is 0 Å². The fourth-order valence-electron chi connectivity index (χ4n) is 8.95. The molecule has 0 aliphatic heterocycles. The van der Waals surface area contributed by atoms with Crippen LogP contribution in [0.2, 0.25) is 0 Å². The van der Waals surface area contributed by atoms with E-state index in [1.165, 1.54) is 10.8 Å². The number of aromatic nitrogens is 3. The molecular weight excluding hydrogens is 671 g/mol. The number of benzene rings is 8. The predicted octanol–water partition coefficient (Wildman–Crippen LogP) is 12.4. The zero-order valence-electron chi connectivity index (χ0n) is 29.5. The van der Waals surface area contributed by atoms with E-state index in [9.17, 15) is 10.5 Å². The molecule has 0 saturated carbocycles. The summed E-state index contributed by atoms with van der Waals surface area (Å²) >= 11 is 0. The van der Waals surface area contributed by atoms with Gasteiger partial charge in [-0.25, -0.2) is 0 Å². The predicted molar refractivity (Wildman–Crippen MR) is 224 cm³/mol. The largest absolute Gasteiger partial charge is 0.307 e. The maximum Gasteiger partial charge on any atom is 0.101 e. The topological polar surface area (TPSA) is 62.4 Å². The molecule has 0 atom stereocenters. The average Bonchev–Trinajstić information content (AvgIpc) is 3.89. The van der Waals surface area contributed by atoms with Gasteiger partial charge in [-0.05, 0) is 54.6 Å². The number of hydrogen-bond donors (Lipinski definition) is 0. The lowest BCUT2D eigenvalue weighted by Crippen LogP contribution is -2.05. The van der Waals surface area contributed by atoms with Crippen LogP contribution in [0, 0.1) is 22.7 Å². The third-order valence-electron chi connectivity index (χ3n) is 11.1. The Balaban J connectivity index is 1.29.